The van der Waals surface area contributed by atoms with Gasteiger partial charge in [-0.05, 0) is 11.5 Å². The summed E-state index contributed by atoms with van der Waals surface area (Å²) in [6, 6.07) is 7.57. The molecule has 1 aromatic rings. The second-order valence-electron chi connectivity index (χ2n) is 9.21. The number of fused-ring (bicyclic) bond motifs is 1. The molecule has 1 saturated carbocycles. The number of ketones is 2. The normalized spacial score (nSPS) is 25.7. The van der Waals surface area contributed by atoms with Gasteiger partial charge < -0.3 is 4.74 Å². The molecular formula is C23H29N3O4. The molecule has 0 N–H and O–H groups in total. The van der Waals surface area contributed by atoms with Gasteiger partial charge in [0.2, 0.25) is 0 Å². The number of piperazine rings is 1. The minimum atomic E-state index is -0.660. The van der Waals surface area contributed by atoms with Crippen molar-refractivity contribution in [2.75, 3.05) is 39.3 Å². The number of aliphatic imine (C=N–C) groups is 1. The Morgan fingerprint density at radius 1 is 1.07 bits per heavy atom. The van der Waals surface area contributed by atoms with Crippen LogP contribution in [0, 0.1) is 11.3 Å². The molecule has 0 spiro atoms. The number of hydrogen-bond acceptors (Lipinski definition) is 7. The fourth-order valence-corrected chi connectivity index (χ4v) is 4.57. The lowest BCUT2D eigenvalue weighted by Crippen LogP contribution is -2.48. The maximum Gasteiger partial charge on any atom is 0.340 e. The number of cyclic esters (lactones) is 1. The van der Waals surface area contributed by atoms with Gasteiger partial charge in [0.25, 0.3) is 0 Å². The predicted molar refractivity (Wildman–Crippen MR) is 112 cm³/mol. The van der Waals surface area contributed by atoms with Crippen molar-refractivity contribution < 1.29 is 19.1 Å². The summed E-state index contributed by atoms with van der Waals surface area (Å²) in [5.74, 6) is -0.936. The molecular weight excluding hydrogens is 382 g/mol. The first-order valence-corrected chi connectivity index (χ1v) is 10.7. The zero-order chi connectivity index (χ0) is 21.3. The molecule has 1 atom stereocenters. The quantitative estimate of drug-likeness (QED) is 0.420. The van der Waals surface area contributed by atoms with Gasteiger partial charge in [0, 0.05) is 57.3 Å². The number of Topliss-reactive ketones (excluding diaryl/α,β-unsaturated/α-hetero) is 2. The van der Waals surface area contributed by atoms with Crippen molar-refractivity contribution in [1.29, 1.82) is 0 Å². The van der Waals surface area contributed by atoms with Crippen molar-refractivity contribution >= 4 is 23.8 Å². The Bertz CT molecular complexity index is 851. The molecule has 1 saturated heterocycles. The average molecular weight is 412 g/mol. The third-order valence-electron chi connectivity index (χ3n) is 6.20. The number of benzene rings is 1. The van der Waals surface area contributed by atoms with Gasteiger partial charge in [-0.2, -0.15) is 0 Å². The first-order valence-electron chi connectivity index (χ1n) is 10.7. The summed E-state index contributed by atoms with van der Waals surface area (Å²) in [5, 5.41) is 0. The molecule has 7 nitrogen and oxygen atoms in total. The molecule has 4 rings (SSSR count). The van der Waals surface area contributed by atoms with Crippen LogP contribution in [0.4, 0.5) is 0 Å². The van der Waals surface area contributed by atoms with Crippen LogP contribution in [0.3, 0.4) is 0 Å². The van der Waals surface area contributed by atoms with Crippen molar-refractivity contribution in [3.63, 3.8) is 0 Å². The molecule has 1 aliphatic carbocycles. The summed E-state index contributed by atoms with van der Waals surface area (Å²) in [4.78, 5) is 45.4. The van der Waals surface area contributed by atoms with Gasteiger partial charge in [-0.25, -0.2) is 4.79 Å². The lowest BCUT2D eigenvalue weighted by molar-refractivity contribution is -0.136. The number of carbonyl (C=O) groups excluding carboxylic acids is 3. The lowest BCUT2D eigenvalue weighted by Gasteiger charge is -2.37. The highest BCUT2D eigenvalue weighted by Gasteiger charge is 2.39. The van der Waals surface area contributed by atoms with Crippen molar-refractivity contribution in [1.82, 2.24) is 9.80 Å². The smallest absolute Gasteiger partial charge is 0.340 e. The number of ether oxygens (including phenoxy) is 1. The van der Waals surface area contributed by atoms with Crippen LogP contribution in [0.5, 0.6) is 0 Å². The maximum absolute atomic E-state index is 12.2. The Morgan fingerprint density at radius 3 is 2.43 bits per heavy atom. The van der Waals surface area contributed by atoms with Gasteiger partial charge >= 0.3 is 5.97 Å². The summed E-state index contributed by atoms with van der Waals surface area (Å²) in [5.41, 5.74) is 1.38. The fourth-order valence-electron chi connectivity index (χ4n) is 4.57. The lowest BCUT2D eigenvalue weighted by atomic mass is 9.72. The van der Waals surface area contributed by atoms with Crippen molar-refractivity contribution in [2.24, 2.45) is 16.3 Å². The molecule has 7 heteroatoms. The fraction of sp³-hybridized carbons (Fsp3) is 0.565. The van der Waals surface area contributed by atoms with Gasteiger partial charge in [0.05, 0.1) is 12.1 Å². The van der Waals surface area contributed by atoms with E-state index in [1.807, 2.05) is 38.1 Å². The summed E-state index contributed by atoms with van der Waals surface area (Å²) >= 11 is 0. The molecule has 0 radical (unpaired) electrons. The van der Waals surface area contributed by atoms with E-state index in [9.17, 15) is 14.4 Å². The van der Waals surface area contributed by atoms with E-state index >= 15 is 0 Å². The van der Waals surface area contributed by atoms with E-state index in [-0.39, 0.29) is 29.2 Å². The largest absolute Gasteiger partial charge is 0.438 e. The minimum Gasteiger partial charge on any atom is -0.438 e. The predicted octanol–water partition coefficient (Wildman–Crippen LogP) is 2.12. The highest BCUT2D eigenvalue weighted by atomic mass is 16.6. The Kier molecular flexibility index (Phi) is 5.84. The highest BCUT2D eigenvalue weighted by molar-refractivity contribution is 6.16. The monoisotopic (exact) mass is 411 g/mol. The Balaban J connectivity index is 1.23. The van der Waals surface area contributed by atoms with Crippen LogP contribution in [0.1, 0.15) is 48.8 Å². The molecule has 0 aromatic heterocycles. The van der Waals surface area contributed by atoms with E-state index in [1.165, 1.54) is 0 Å². The number of esters is 1. The van der Waals surface area contributed by atoms with E-state index in [2.05, 4.69) is 14.8 Å². The molecule has 3 aliphatic rings. The van der Waals surface area contributed by atoms with Crippen LogP contribution in [0.15, 0.2) is 29.3 Å². The van der Waals surface area contributed by atoms with E-state index in [0.29, 0.717) is 24.9 Å². The van der Waals surface area contributed by atoms with Crippen LogP contribution in [-0.2, 0) is 14.3 Å². The summed E-state index contributed by atoms with van der Waals surface area (Å²) in [6.07, 6.45) is 2.14. The highest BCUT2D eigenvalue weighted by Crippen LogP contribution is 2.34. The van der Waals surface area contributed by atoms with Crippen LogP contribution >= 0.6 is 0 Å². The van der Waals surface area contributed by atoms with Gasteiger partial charge in [0.1, 0.15) is 17.5 Å². The van der Waals surface area contributed by atoms with Crippen molar-refractivity contribution in [3.8, 4) is 0 Å². The summed E-state index contributed by atoms with van der Waals surface area (Å²) in [7, 11) is 0. The zero-order valence-corrected chi connectivity index (χ0v) is 17.7. The first kappa shape index (κ1) is 20.9. The third-order valence-corrected chi connectivity index (χ3v) is 6.20. The molecule has 30 heavy (non-hydrogen) atoms. The van der Waals surface area contributed by atoms with Crippen LogP contribution in [-0.4, -0.2) is 72.8 Å². The topological polar surface area (TPSA) is 79.3 Å². The number of hydrogen-bond donors (Lipinski definition) is 0. The van der Waals surface area contributed by atoms with Gasteiger partial charge in [-0.1, -0.05) is 32.0 Å². The Labute approximate surface area is 177 Å². The van der Waals surface area contributed by atoms with Crippen molar-refractivity contribution in [2.45, 2.75) is 32.9 Å². The molecule has 0 amide bonds. The van der Waals surface area contributed by atoms with Crippen LogP contribution in [0.25, 0.3) is 0 Å². The molecule has 2 aliphatic heterocycles. The molecule has 160 valence electrons. The molecule has 2 fully saturated rings. The Morgan fingerprint density at radius 2 is 1.73 bits per heavy atom. The van der Waals surface area contributed by atoms with E-state index in [4.69, 9.17) is 4.74 Å². The standard InChI is InChI=1S/C23H29N3O4/c1-23(2)13-19(27)18(20(28)14-23)15-24-7-8-25-9-11-26(12-10-25)21-16-5-3-4-6-17(16)22(29)30-21/h3-6,15,18,21H,7-14H2,1-2H3/t21-/m0/s1. The van der Waals surface area contributed by atoms with E-state index < -0.39 is 5.92 Å². The third kappa shape index (κ3) is 4.37. The van der Waals surface area contributed by atoms with E-state index in [0.717, 1.165) is 38.3 Å². The second kappa shape index (κ2) is 8.40. The maximum atomic E-state index is 12.2. The SMILES string of the molecule is CC1(C)CC(=O)C(C=NCCN2CCN([C@H]3OC(=O)c4ccccc43)CC2)C(=O)C1. The van der Waals surface area contributed by atoms with Gasteiger partial charge in [0.15, 0.2) is 6.23 Å². The van der Waals surface area contributed by atoms with Gasteiger partial charge in [-0.15, -0.1) is 0 Å². The van der Waals surface area contributed by atoms with Crippen LogP contribution < -0.4 is 0 Å². The molecule has 2 heterocycles. The number of carbonyl (C=O) groups is 3. The molecule has 1 aromatic carbocycles. The zero-order valence-electron chi connectivity index (χ0n) is 17.7. The molecule has 0 bridgehead atoms. The minimum absolute atomic E-state index is 0.0139. The average Bonchev–Trinajstić information content (AvgIpc) is 3.03. The number of nitrogens with zero attached hydrogens (tertiary/aromatic N) is 3. The summed E-state index contributed by atoms with van der Waals surface area (Å²) in [6.45, 7) is 8.62. The summed E-state index contributed by atoms with van der Waals surface area (Å²) < 4.78 is 5.59. The molecule has 0 unspecified atom stereocenters. The van der Waals surface area contributed by atoms with E-state index in [1.54, 1.807) is 6.21 Å². The van der Waals surface area contributed by atoms with Crippen LogP contribution in [0.2, 0.25) is 0 Å². The van der Waals surface area contributed by atoms with Gasteiger partial charge in [-0.3, -0.25) is 24.4 Å². The second-order valence-corrected chi connectivity index (χ2v) is 9.21. The van der Waals surface area contributed by atoms with Crippen molar-refractivity contribution in [3.05, 3.63) is 35.4 Å². The Hall–Kier alpha value is -2.38. The first-order chi connectivity index (χ1) is 14.3. The number of rotatable bonds is 5.